The van der Waals surface area contributed by atoms with E-state index in [1.165, 1.54) is 12.8 Å². The second-order valence-corrected chi connectivity index (χ2v) is 8.81. The lowest BCUT2D eigenvalue weighted by atomic mass is 9.98. The van der Waals surface area contributed by atoms with Gasteiger partial charge in [0.15, 0.2) is 5.65 Å². The quantitative estimate of drug-likeness (QED) is 0.688. The first-order valence-electron chi connectivity index (χ1n) is 11.0. The monoisotopic (exact) mass is 419 g/mol. The van der Waals surface area contributed by atoms with E-state index >= 15 is 0 Å². The fraction of sp³-hybridized carbons (Fsp3) is 0.458. The van der Waals surface area contributed by atoms with Gasteiger partial charge in [0, 0.05) is 29.7 Å². The maximum absolute atomic E-state index is 12.8. The van der Waals surface area contributed by atoms with Gasteiger partial charge in [-0.2, -0.15) is 5.10 Å². The van der Waals surface area contributed by atoms with E-state index in [1.807, 2.05) is 37.3 Å². The van der Waals surface area contributed by atoms with Gasteiger partial charge in [0.25, 0.3) is 0 Å². The minimum Gasteiger partial charge on any atom is -0.497 e. The van der Waals surface area contributed by atoms with Crippen LogP contribution in [-0.2, 0) is 11.3 Å². The number of benzene rings is 1. The molecule has 0 spiro atoms. The Balaban J connectivity index is 1.36. The van der Waals surface area contributed by atoms with Crippen molar-refractivity contribution in [1.82, 2.24) is 25.0 Å². The average molecular weight is 420 g/mol. The van der Waals surface area contributed by atoms with Gasteiger partial charge in [0.05, 0.1) is 12.8 Å². The second-order valence-electron chi connectivity index (χ2n) is 8.81. The first kappa shape index (κ1) is 20.0. The lowest BCUT2D eigenvalue weighted by Gasteiger charge is -2.36. The van der Waals surface area contributed by atoms with Crippen LogP contribution in [0.15, 0.2) is 36.5 Å². The summed E-state index contributed by atoms with van der Waals surface area (Å²) in [6, 6.07) is 11.4. The summed E-state index contributed by atoms with van der Waals surface area (Å²) in [6.45, 7) is 2.16. The van der Waals surface area contributed by atoms with Crippen molar-refractivity contribution in [3.05, 3.63) is 42.2 Å². The van der Waals surface area contributed by atoms with Crippen LogP contribution in [-0.4, -0.2) is 57.9 Å². The molecule has 1 amide bonds. The highest BCUT2D eigenvalue weighted by atomic mass is 16.5. The first-order chi connectivity index (χ1) is 15.0. The Kier molecular flexibility index (Phi) is 5.14. The Bertz CT molecular complexity index is 1090. The van der Waals surface area contributed by atoms with Crippen molar-refractivity contribution in [2.24, 2.45) is 0 Å². The molecule has 4 heterocycles. The van der Waals surface area contributed by atoms with Crippen molar-refractivity contribution in [3.8, 4) is 16.9 Å². The minimum absolute atomic E-state index is 0.00926. The third-order valence-electron chi connectivity index (χ3n) is 6.97. The molecule has 2 aliphatic heterocycles. The van der Waals surface area contributed by atoms with Crippen LogP contribution in [0.4, 0.5) is 0 Å². The van der Waals surface area contributed by atoms with Crippen molar-refractivity contribution in [2.45, 2.75) is 57.3 Å². The lowest BCUT2D eigenvalue weighted by Crippen LogP contribution is -2.49. The molecule has 0 radical (unpaired) electrons. The number of pyridine rings is 1. The molecule has 1 aromatic carbocycles. The fourth-order valence-corrected chi connectivity index (χ4v) is 5.34. The zero-order valence-electron chi connectivity index (χ0n) is 18.3. The predicted octanol–water partition coefficient (Wildman–Crippen LogP) is 3.16. The molecule has 1 N–H and O–H groups in total. The highest BCUT2D eigenvalue weighted by Gasteiger charge is 2.38. The Hall–Kier alpha value is -2.93. The van der Waals surface area contributed by atoms with Gasteiger partial charge in [-0.15, -0.1) is 0 Å². The number of fused-ring (bicyclic) bond motifs is 3. The van der Waals surface area contributed by atoms with E-state index < -0.39 is 0 Å². The molecular weight excluding hydrogens is 390 g/mol. The third kappa shape index (κ3) is 3.67. The number of nitrogens with one attached hydrogen (secondary N) is 1. The van der Waals surface area contributed by atoms with Crippen LogP contribution in [0, 0.1) is 6.92 Å². The van der Waals surface area contributed by atoms with Crippen molar-refractivity contribution in [2.75, 3.05) is 14.2 Å². The number of aryl methyl sites for hydroxylation is 1. The van der Waals surface area contributed by atoms with Crippen molar-refractivity contribution < 1.29 is 9.53 Å². The van der Waals surface area contributed by atoms with E-state index in [1.54, 1.807) is 18.0 Å². The number of rotatable bonds is 5. The molecule has 162 valence electrons. The Morgan fingerprint density at radius 1 is 1.16 bits per heavy atom. The lowest BCUT2D eigenvalue weighted by molar-refractivity contribution is -0.123. The largest absolute Gasteiger partial charge is 0.497 e. The van der Waals surface area contributed by atoms with E-state index in [4.69, 9.17) is 4.74 Å². The maximum Gasteiger partial charge on any atom is 0.242 e. The van der Waals surface area contributed by atoms with Crippen molar-refractivity contribution in [3.63, 3.8) is 0 Å². The molecule has 2 bridgehead atoms. The summed E-state index contributed by atoms with van der Waals surface area (Å²) >= 11 is 0. The third-order valence-corrected chi connectivity index (χ3v) is 6.97. The van der Waals surface area contributed by atoms with Crippen LogP contribution in [0.2, 0.25) is 0 Å². The Labute approximate surface area is 182 Å². The van der Waals surface area contributed by atoms with E-state index in [9.17, 15) is 4.79 Å². The summed E-state index contributed by atoms with van der Waals surface area (Å²) in [5.41, 5.74) is 3.74. The number of carbonyl (C=O) groups excluding carboxylic acids is 1. The number of ether oxygens (including phenoxy) is 1. The number of nitrogens with zero attached hydrogens (tertiary/aromatic N) is 4. The number of hydrogen-bond donors (Lipinski definition) is 1. The minimum atomic E-state index is 0.00926. The molecule has 31 heavy (non-hydrogen) atoms. The zero-order valence-corrected chi connectivity index (χ0v) is 18.3. The summed E-state index contributed by atoms with van der Waals surface area (Å²) in [4.78, 5) is 19.9. The molecule has 2 unspecified atom stereocenters. The van der Waals surface area contributed by atoms with E-state index in [0.29, 0.717) is 12.1 Å². The normalized spacial score (nSPS) is 23.3. The van der Waals surface area contributed by atoms with Crippen LogP contribution in [0.5, 0.6) is 5.75 Å². The van der Waals surface area contributed by atoms with E-state index in [0.717, 1.165) is 46.4 Å². The SMILES string of the molecule is COc1ccc(-c2ccnc3c2c(C)nn3CC(=O)NC2CC3CCC(C2)N3C)cc1. The fourth-order valence-electron chi connectivity index (χ4n) is 5.34. The van der Waals surface area contributed by atoms with Gasteiger partial charge in [0.2, 0.25) is 5.91 Å². The molecule has 2 atom stereocenters. The highest BCUT2D eigenvalue weighted by Crippen LogP contribution is 2.34. The Morgan fingerprint density at radius 3 is 2.55 bits per heavy atom. The smallest absolute Gasteiger partial charge is 0.242 e. The number of methoxy groups -OCH3 is 1. The van der Waals surface area contributed by atoms with Crippen LogP contribution < -0.4 is 10.1 Å². The number of aromatic nitrogens is 3. The molecule has 2 saturated heterocycles. The standard InChI is InChI=1S/C24H29N5O2/c1-15-23-21(16-4-8-20(31-3)9-5-16)10-11-25-24(23)29(27-15)14-22(30)26-17-12-18-6-7-19(13-17)28(18)2/h4-5,8-11,17-19H,6-7,12-14H2,1-3H3,(H,26,30). The van der Waals surface area contributed by atoms with Crippen molar-refractivity contribution >= 4 is 16.9 Å². The molecular formula is C24H29N5O2. The first-order valence-corrected chi connectivity index (χ1v) is 11.0. The Morgan fingerprint density at radius 2 is 1.87 bits per heavy atom. The van der Waals surface area contributed by atoms with Crippen LogP contribution in [0.1, 0.15) is 31.4 Å². The number of carbonyl (C=O) groups is 1. The molecule has 5 rings (SSSR count). The van der Waals surface area contributed by atoms with Crippen LogP contribution in [0.25, 0.3) is 22.2 Å². The highest BCUT2D eigenvalue weighted by molar-refractivity contribution is 5.95. The summed E-state index contributed by atoms with van der Waals surface area (Å²) in [7, 11) is 3.88. The van der Waals surface area contributed by atoms with Gasteiger partial charge in [-0.3, -0.25) is 4.79 Å². The van der Waals surface area contributed by atoms with E-state index in [2.05, 4.69) is 27.3 Å². The van der Waals surface area contributed by atoms with E-state index in [-0.39, 0.29) is 18.5 Å². The molecule has 7 nitrogen and oxygen atoms in total. The van der Waals surface area contributed by atoms with Gasteiger partial charge < -0.3 is 15.0 Å². The molecule has 3 aromatic rings. The van der Waals surface area contributed by atoms with Gasteiger partial charge >= 0.3 is 0 Å². The number of amides is 1. The summed E-state index contributed by atoms with van der Waals surface area (Å²) < 4.78 is 7.01. The predicted molar refractivity (Wildman–Crippen MR) is 120 cm³/mol. The average Bonchev–Trinajstić information content (AvgIpc) is 3.18. The van der Waals surface area contributed by atoms with Crippen LogP contribution >= 0.6 is 0 Å². The molecule has 2 aliphatic rings. The van der Waals surface area contributed by atoms with Crippen LogP contribution in [0.3, 0.4) is 0 Å². The molecule has 0 saturated carbocycles. The number of piperidine rings is 1. The summed E-state index contributed by atoms with van der Waals surface area (Å²) in [6.07, 6.45) is 6.35. The zero-order chi connectivity index (χ0) is 21.5. The molecule has 2 fully saturated rings. The summed E-state index contributed by atoms with van der Waals surface area (Å²) in [5.74, 6) is 0.829. The molecule has 7 heteroatoms. The van der Waals surface area contributed by atoms with Gasteiger partial charge in [-0.1, -0.05) is 12.1 Å². The van der Waals surface area contributed by atoms with Crippen molar-refractivity contribution in [1.29, 1.82) is 0 Å². The summed E-state index contributed by atoms with van der Waals surface area (Å²) in [5, 5.41) is 8.90. The number of hydrogen-bond acceptors (Lipinski definition) is 5. The molecule has 2 aromatic heterocycles. The van der Waals surface area contributed by atoms with Gasteiger partial charge in [-0.25, -0.2) is 9.67 Å². The molecule has 0 aliphatic carbocycles. The van der Waals surface area contributed by atoms with Gasteiger partial charge in [0.1, 0.15) is 12.3 Å². The second kappa shape index (κ2) is 7.96. The topological polar surface area (TPSA) is 72.3 Å². The maximum atomic E-state index is 12.8. The van der Waals surface area contributed by atoms with Gasteiger partial charge in [-0.05, 0) is 69.0 Å².